The maximum atomic E-state index is 11.8. The van der Waals surface area contributed by atoms with Crippen molar-refractivity contribution in [1.29, 1.82) is 0 Å². The van der Waals surface area contributed by atoms with Crippen molar-refractivity contribution in [2.45, 2.75) is 126 Å². The van der Waals surface area contributed by atoms with Gasteiger partial charge in [0.15, 0.2) is 0 Å². The average Bonchev–Trinajstić information content (AvgIpc) is 2.60. The minimum atomic E-state index is -3.84. The minimum absolute atomic E-state index is 0.321. The number of phosphoric ester groups is 1. The SMILES string of the molecule is CCCCCCCCCCCCCCCCCOP(=O)(O)OCC[As](C)(C)C. The quantitative estimate of drug-likeness (QED) is 0.101. The third-order valence-corrected chi connectivity index (χ3v) is 9.23. The van der Waals surface area contributed by atoms with Gasteiger partial charge in [-0.2, -0.15) is 0 Å². The summed E-state index contributed by atoms with van der Waals surface area (Å²) in [5.41, 5.74) is 6.75. The number of phosphoric acid groups is 1. The Bertz CT molecular complexity index is 385. The second-order valence-electron chi connectivity index (χ2n) is 9.10. The number of hydrogen-bond acceptors (Lipinski definition) is 3. The van der Waals surface area contributed by atoms with Gasteiger partial charge in [0.05, 0.1) is 0 Å². The van der Waals surface area contributed by atoms with Crippen LogP contribution in [0.4, 0.5) is 0 Å². The van der Waals surface area contributed by atoms with E-state index in [2.05, 4.69) is 24.1 Å². The van der Waals surface area contributed by atoms with Crippen LogP contribution < -0.4 is 0 Å². The molecule has 0 amide bonds. The van der Waals surface area contributed by atoms with Crippen LogP contribution >= 0.6 is 7.82 Å². The zero-order valence-electron chi connectivity index (χ0n) is 19.3. The molecule has 0 saturated heterocycles. The second-order valence-corrected chi connectivity index (χ2v) is 21.1. The molecule has 4 nitrogen and oxygen atoms in total. The molecule has 0 aliphatic heterocycles. The van der Waals surface area contributed by atoms with Crippen molar-refractivity contribution in [3.8, 4) is 0 Å². The Balaban J connectivity index is 3.29. The molecular weight excluding hydrogens is 434 g/mol. The predicted molar refractivity (Wildman–Crippen MR) is 125 cm³/mol. The second kappa shape index (κ2) is 18.4. The Morgan fingerprint density at radius 1 is 0.643 bits per heavy atom. The van der Waals surface area contributed by atoms with E-state index in [1.165, 1.54) is 83.5 Å². The zero-order chi connectivity index (χ0) is 21.1. The van der Waals surface area contributed by atoms with E-state index in [-0.39, 0.29) is 0 Å². The van der Waals surface area contributed by atoms with Crippen LogP contribution in [0.2, 0.25) is 22.3 Å². The third-order valence-electron chi connectivity index (χ3n) is 5.02. The molecule has 0 rings (SSSR count). The molecule has 1 unspecified atom stereocenters. The third kappa shape index (κ3) is 23.0. The Morgan fingerprint density at radius 2 is 1.00 bits per heavy atom. The molecule has 1 radical (unpaired) electrons. The van der Waals surface area contributed by atoms with E-state index in [4.69, 9.17) is 9.05 Å². The number of hydrogen-bond donors (Lipinski definition) is 1. The van der Waals surface area contributed by atoms with Crippen LogP contribution in [-0.4, -0.2) is 31.7 Å². The number of rotatable bonds is 21. The van der Waals surface area contributed by atoms with Crippen molar-refractivity contribution in [1.82, 2.24) is 0 Å². The molecule has 0 aliphatic carbocycles. The van der Waals surface area contributed by atoms with Gasteiger partial charge in [0, 0.05) is 0 Å². The van der Waals surface area contributed by atoms with Crippen LogP contribution in [0.3, 0.4) is 0 Å². The summed E-state index contributed by atoms with van der Waals surface area (Å²) in [5.74, 6) is 0. The Hall–Kier alpha value is 0.668. The summed E-state index contributed by atoms with van der Waals surface area (Å²) in [7, 11) is -3.84. The van der Waals surface area contributed by atoms with Crippen molar-refractivity contribution in [2.75, 3.05) is 13.2 Å². The van der Waals surface area contributed by atoms with Gasteiger partial charge in [-0.25, -0.2) is 0 Å². The maximum absolute atomic E-state index is 11.8. The van der Waals surface area contributed by atoms with Gasteiger partial charge in [-0.15, -0.1) is 0 Å². The monoisotopic (exact) mass is 483 g/mol. The van der Waals surface area contributed by atoms with Crippen molar-refractivity contribution < 1.29 is 18.5 Å². The van der Waals surface area contributed by atoms with Gasteiger partial charge in [-0.1, -0.05) is 64.7 Å². The first-order valence-corrected chi connectivity index (χ1v) is 20.1. The van der Waals surface area contributed by atoms with Crippen molar-refractivity contribution in [2.24, 2.45) is 0 Å². The van der Waals surface area contributed by atoms with Gasteiger partial charge in [0.2, 0.25) is 0 Å². The van der Waals surface area contributed by atoms with Gasteiger partial charge < -0.3 is 0 Å². The topological polar surface area (TPSA) is 55.8 Å². The standard InChI is InChI=1S/C22H49AsO4P/c1-5-6-7-8-9-10-11-12-13-14-15-16-17-18-19-21-26-28(24,25)27-22-20-23(2,3)4/h5-22H2,1-4H3,(H,24,25). The number of unbranched alkanes of at least 4 members (excludes halogenated alkanes) is 14. The molecule has 0 aromatic heterocycles. The van der Waals surface area contributed by atoms with Gasteiger partial charge in [-0.05, 0) is 0 Å². The van der Waals surface area contributed by atoms with Gasteiger partial charge >= 0.3 is 114 Å². The molecule has 0 spiro atoms. The fourth-order valence-electron chi connectivity index (χ4n) is 3.12. The van der Waals surface area contributed by atoms with Crippen LogP contribution in [0.1, 0.15) is 103 Å². The van der Waals surface area contributed by atoms with E-state index in [1.807, 2.05) is 0 Å². The van der Waals surface area contributed by atoms with Crippen LogP contribution in [0, 0.1) is 0 Å². The van der Waals surface area contributed by atoms with E-state index < -0.39 is 21.4 Å². The summed E-state index contributed by atoms with van der Waals surface area (Å²) in [4.78, 5) is 9.66. The van der Waals surface area contributed by atoms with Crippen LogP contribution in [-0.2, 0) is 13.6 Å². The molecule has 28 heavy (non-hydrogen) atoms. The molecule has 0 heterocycles. The molecule has 0 bridgehead atoms. The first-order valence-electron chi connectivity index (χ1n) is 11.7. The van der Waals surface area contributed by atoms with Crippen LogP contribution in [0.15, 0.2) is 0 Å². The molecule has 1 atom stereocenters. The first-order chi connectivity index (χ1) is 13.3. The summed E-state index contributed by atoms with van der Waals surface area (Å²) < 4.78 is 21.9. The van der Waals surface area contributed by atoms with E-state index >= 15 is 0 Å². The Labute approximate surface area is 178 Å². The Kier molecular flexibility index (Phi) is 18.9. The molecule has 1 N–H and O–H groups in total. The Morgan fingerprint density at radius 3 is 1.39 bits per heavy atom. The van der Waals surface area contributed by atoms with E-state index in [0.717, 1.165) is 18.1 Å². The zero-order valence-corrected chi connectivity index (χ0v) is 22.1. The normalized spacial score (nSPS) is 14.3. The summed E-state index contributed by atoms with van der Waals surface area (Å²) in [6.07, 6.45) is 19.6. The molecule has 0 aromatic carbocycles. The first kappa shape index (κ1) is 28.7. The molecule has 0 aliphatic rings. The van der Waals surface area contributed by atoms with Crippen molar-refractivity contribution >= 4 is 21.4 Å². The molecule has 0 aromatic rings. The predicted octanol–water partition coefficient (Wildman–Crippen LogP) is 8.33. The summed E-state index contributed by atoms with van der Waals surface area (Å²) in [6.45, 7) is 2.93. The molecular formula is C22H49AsO4P. The average molecular weight is 484 g/mol. The summed E-state index contributed by atoms with van der Waals surface area (Å²) in [5, 5.41) is 0.908. The van der Waals surface area contributed by atoms with E-state index in [1.54, 1.807) is 0 Å². The molecule has 6 heteroatoms. The van der Waals surface area contributed by atoms with E-state index in [0.29, 0.717) is 13.2 Å². The van der Waals surface area contributed by atoms with E-state index in [9.17, 15) is 9.46 Å². The van der Waals surface area contributed by atoms with Crippen LogP contribution in [0.25, 0.3) is 0 Å². The van der Waals surface area contributed by atoms with Crippen LogP contribution in [0.5, 0.6) is 0 Å². The summed E-state index contributed by atoms with van der Waals surface area (Å²) >= 11 is -1.56. The van der Waals surface area contributed by atoms with Crippen molar-refractivity contribution in [3.63, 3.8) is 0 Å². The molecule has 171 valence electrons. The fraction of sp³-hybridized carbons (Fsp3) is 1.00. The molecule has 0 fully saturated rings. The van der Waals surface area contributed by atoms with Gasteiger partial charge in [0.1, 0.15) is 0 Å². The van der Waals surface area contributed by atoms with Gasteiger partial charge in [0.25, 0.3) is 0 Å². The fourth-order valence-corrected chi connectivity index (χ4v) is 5.53. The van der Waals surface area contributed by atoms with Gasteiger partial charge in [-0.3, -0.25) is 0 Å². The molecule has 0 saturated carbocycles. The summed E-state index contributed by atoms with van der Waals surface area (Å²) in [6, 6.07) is 0. The van der Waals surface area contributed by atoms with Crippen molar-refractivity contribution in [3.05, 3.63) is 0 Å².